The Labute approximate surface area is 261 Å². The van der Waals surface area contributed by atoms with Crippen LogP contribution in [0.25, 0.3) is 0 Å². The quantitative estimate of drug-likeness (QED) is 0.169. The molecule has 0 aromatic heterocycles. The van der Waals surface area contributed by atoms with Crippen molar-refractivity contribution in [3.8, 4) is 0 Å². The van der Waals surface area contributed by atoms with E-state index in [0.717, 1.165) is 0 Å². The van der Waals surface area contributed by atoms with Crippen molar-refractivity contribution >= 4 is 39.6 Å². The van der Waals surface area contributed by atoms with Gasteiger partial charge in [-0.05, 0) is 38.7 Å². The number of hydrogen-bond donors (Lipinski definition) is 2. The number of amides is 3. The summed E-state index contributed by atoms with van der Waals surface area (Å²) in [6, 6.07) is 7.98. The molecule has 1 aromatic carbocycles. The number of halogens is 1. The molecular formula is C32H42BrN3O7. The summed E-state index contributed by atoms with van der Waals surface area (Å²) in [5.74, 6) is -3.34. The topological polar surface area (TPSA) is 125 Å². The van der Waals surface area contributed by atoms with Gasteiger partial charge in [0.1, 0.15) is 17.7 Å². The van der Waals surface area contributed by atoms with Gasteiger partial charge in [0.05, 0.1) is 24.5 Å². The van der Waals surface area contributed by atoms with Crippen molar-refractivity contribution in [2.75, 3.05) is 26.2 Å². The first-order valence-electron chi connectivity index (χ1n) is 14.9. The van der Waals surface area contributed by atoms with Gasteiger partial charge in [0.25, 0.3) is 0 Å². The zero-order chi connectivity index (χ0) is 31.3. The highest BCUT2D eigenvalue weighted by Crippen LogP contribution is 2.60. The Balaban J connectivity index is 1.65. The van der Waals surface area contributed by atoms with E-state index in [1.54, 1.807) is 17.1 Å². The van der Waals surface area contributed by atoms with Crippen LogP contribution in [-0.4, -0.2) is 93.5 Å². The van der Waals surface area contributed by atoms with Crippen LogP contribution in [0.1, 0.15) is 51.2 Å². The molecule has 1 spiro atoms. The second-order valence-electron chi connectivity index (χ2n) is 11.6. The van der Waals surface area contributed by atoms with Gasteiger partial charge >= 0.3 is 5.97 Å². The van der Waals surface area contributed by atoms with Crippen molar-refractivity contribution in [1.29, 1.82) is 0 Å². The molecule has 10 nitrogen and oxygen atoms in total. The Bertz CT molecular complexity index is 1210. The van der Waals surface area contributed by atoms with Crippen molar-refractivity contribution in [1.82, 2.24) is 15.1 Å². The molecule has 7 atom stereocenters. The minimum absolute atomic E-state index is 0.0557. The average molecular weight is 661 g/mol. The lowest BCUT2D eigenvalue weighted by molar-refractivity contribution is -0.160. The molecule has 3 heterocycles. The summed E-state index contributed by atoms with van der Waals surface area (Å²) in [4.78, 5) is 57.5. The van der Waals surface area contributed by atoms with Crippen molar-refractivity contribution in [2.45, 2.75) is 74.3 Å². The Hall–Kier alpha value is -3.02. The van der Waals surface area contributed by atoms with E-state index in [1.165, 1.54) is 4.90 Å². The molecule has 2 N–H and O–H groups in total. The number of carbonyl (C=O) groups is 4. The number of fused-ring (bicyclic) bond motifs is 1. The Kier molecular flexibility index (Phi) is 10.8. The Morgan fingerprint density at radius 3 is 2.60 bits per heavy atom. The predicted molar refractivity (Wildman–Crippen MR) is 164 cm³/mol. The largest absolute Gasteiger partial charge is 0.455 e. The normalized spacial score (nSPS) is 28.0. The Morgan fingerprint density at radius 1 is 1.26 bits per heavy atom. The van der Waals surface area contributed by atoms with Crippen molar-refractivity contribution in [3.05, 3.63) is 61.2 Å². The third-order valence-corrected chi connectivity index (χ3v) is 9.42. The van der Waals surface area contributed by atoms with Crippen LogP contribution in [0.3, 0.4) is 0 Å². The van der Waals surface area contributed by atoms with E-state index in [1.807, 2.05) is 44.2 Å². The number of rotatable bonds is 15. The van der Waals surface area contributed by atoms with Gasteiger partial charge in [-0.25, -0.2) is 0 Å². The van der Waals surface area contributed by atoms with Gasteiger partial charge in [-0.3, -0.25) is 19.2 Å². The number of carbonyl (C=O) groups excluding carboxylic acids is 4. The number of hydrogen-bond acceptors (Lipinski definition) is 7. The summed E-state index contributed by atoms with van der Waals surface area (Å²) in [5.41, 5.74) is -0.539. The lowest BCUT2D eigenvalue weighted by Crippen LogP contribution is -2.58. The van der Waals surface area contributed by atoms with Gasteiger partial charge in [0.15, 0.2) is 0 Å². The first-order chi connectivity index (χ1) is 20.6. The molecule has 3 aliphatic rings. The third kappa shape index (κ3) is 6.44. The maximum atomic E-state index is 14.2. The molecule has 3 aliphatic heterocycles. The van der Waals surface area contributed by atoms with Crippen LogP contribution >= 0.6 is 15.9 Å². The molecule has 3 saturated heterocycles. The van der Waals surface area contributed by atoms with Gasteiger partial charge < -0.3 is 29.7 Å². The van der Waals surface area contributed by atoms with Crippen molar-refractivity contribution in [3.63, 3.8) is 0 Å². The highest BCUT2D eigenvalue weighted by atomic mass is 79.9. The number of nitrogens with one attached hydrogen (secondary N) is 1. The standard InChI is InChI=1S/C32H42BrN3O7/c1-5-7-14-24(38)34-19-23(21-12-9-8-10-13-21)42-31(41)25-26-29(39)36(16-11-17-37)28(30(40)35(15-6-2)20(3)4)32(26)18-22(33)27(25)43-32/h5-6,8-10,12-13,20,22-23,25-28,37H,1-2,7,11,14-19H2,3-4H3,(H,34,38)/t22?,23-,25+,26-,27+,28+,32-/m1/s1. The van der Waals surface area contributed by atoms with Gasteiger partial charge in [-0.15, -0.1) is 13.2 Å². The second kappa shape index (κ2) is 14.2. The lowest BCUT2D eigenvalue weighted by atomic mass is 9.70. The first-order valence-corrected chi connectivity index (χ1v) is 15.8. The monoisotopic (exact) mass is 659 g/mol. The Morgan fingerprint density at radius 2 is 1.98 bits per heavy atom. The number of benzene rings is 1. The second-order valence-corrected chi connectivity index (χ2v) is 12.8. The molecule has 4 rings (SSSR count). The summed E-state index contributed by atoms with van der Waals surface area (Å²) in [6.45, 7) is 11.6. The summed E-state index contributed by atoms with van der Waals surface area (Å²) in [7, 11) is 0. The van der Waals surface area contributed by atoms with E-state index in [4.69, 9.17) is 9.47 Å². The van der Waals surface area contributed by atoms with Crippen LogP contribution in [0, 0.1) is 11.8 Å². The van der Waals surface area contributed by atoms with Crippen LogP contribution < -0.4 is 5.32 Å². The van der Waals surface area contributed by atoms with Gasteiger partial charge in [-0.1, -0.05) is 58.4 Å². The minimum atomic E-state index is -1.23. The van der Waals surface area contributed by atoms with Gasteiger partial charge in [0, 0.05) is 37.0 Å². The fraction of sp³-hybridized carbons (Fsp3) is 0.562. The highest BCUT2D eigenvalue weighted by Gasteiger charge is 2.77. The fourth-order valence-corrected chi connectivity index (χ4v) is 7.60. The van der Waals surface area contributed by atoms with Crippen LogP contribution in [0.2, 0.25) is 0 Å². The summed E-state index contributed by atoms with van der Waals surface area (Å²) in [6.07, 6.45) is 3.26. The third-order valence-electron chi connectivity index (χ3n) is 8.57. The van der Waals surface area contributed by atoms with E-state index in [-0.39, 0.29) is 61.1 Å². The van der Waals surface area contributed by atoms with Gasteiger partial charge in [-0.2, -0.15) is 0 Å². The van der Waals surface area contributed by atoms with Gasteiger partial charge in [0.2, 0.25) is 17.7 Å². The molecule has 2 bridgehead atoms. The molecule has 11 heteroatoms. The smallest absolute Gasteiger partial charge is 0.313 e. The molecule has 3 fully saturated rings. The zero-order valence-corrected chi connectivity index (χ0v) is 26.4. The number of ether oxygens (including phenoxy) is 2. The number of alkyl halides is 1. The highest BCUT2D eigenvalue weighted by molar-refractivity contribution is 9.09. The lowest BCUT2D eigenvalue weighted by Gasteiger charge is -2.38. The van der Waals surface area contributed by atoms with E-state index in [9.17, 15) is 24.3 Å². The molecule has 0 saturated carbocycles. The maximum Gasteiger partial charge on any atom is 0.313 e. The summed E-state index contributed by atoms with van der Waals surface area (Å²) >= 11 is 3.68. The van der Waals surface area contributed by atoms with Crippen molar-refractivity contribution in [2.24, 2.45) is 11.8 Å². The van der Waals surface area contributed by atoms with E-state index >= 15 is 0 Å². The van der Waals surface area contributed by atoms with Crippen LogP contribution in [0.15, 0.2) is 55.6 Å². The minimum Gasteiger partial charge on any atom is -0.455 e. The van der Waals surface area contributed by atoms with E-state index < -0.39 is 41.7 Å². The summed E-state index contributed by atoms with van der Waals surface area (Å²) < 4.78 is 12.6. The average Bonchev–Trinajstić information content (AvgIpc) is 3.58. The van der Waals surface area contributed by atoms with Crippen LogP contribution in [-0.2, 0) is 28.7 Å². The molecule has 1 unspecified atom stereocenters. The molecule has 234 valence electrons. The SMILES string of the molecule is C=CCCC(=O)NC[C@@H](OC(=O)[C@@H]1[C@H]2O[C@@]3(CC2Br)[C@H](C(=O)N(CC=C)C(C)C)N(CCCO)C(=O)[C@@H]13)c1ccccc1. The zero-order valence-electron chi connectivity index (χ0n) is 24.8. The van der Waals surface area contributed by atoms with Crippen molar-refractivity contribution < 1.29 is 33.8 Å². The molecule has 0 radical (unpaired) electrons. The maximum absolute atomic E-state index is 14.2. The molecular weight excluding hydrogens is 618 g/mol. The number of aliphatic hydroxyl groups excluding tert-OH is 1. The molecule has 3 amide bonds. The number of nitrogens with zero attached hydrogens (tertiary/aromatic N) is 2. The number of aliphatic hydroxyl groups is 1. The summed E-state index contributed by atoms with van der Waals surface area (Å²) in [5, 5.41) is 12.4. The number of allylic oxidation sites excluding steroid dienone is 1. The molecule has 0 aliphatic carbocycles. The number of likely N-dealkylation sites (tertiary alicyclic amines) is 1. The van der Waals surface area contributed by atoms with E-state index in [2.05, 4.69) is 34.4 Å². The van der Waals surface area contributed by atoms with Crippen LogP contribution in [0.4, 0.5) is 0 Å². The molecule has 1 aromatic rings. The molecule has 43 heavy (non-hydrogen) atoms. The number of esters is 1. The fourth-order valence-electron chi connectivity index (χ4n) is 6.65. The van der Waals surface area contributed by atoms with Crippen LogP contribution in [0.5, 0.6) is 0 Å². The van der Waals surface area contributed by atoms with E-state index in [0.29, 0.717) is 24.9 Å². The first kappa shape index (κ1) is 32.9. The predicted octanol–water partition coefficient (Wildman–Crippen LogP) is 2.91.